The second kappa shape index (κ2) is 43.5. The van der Waals surface area contributed by atoms with Crippen molar-refractivity contribution >= 4 is 129 Å². The van der Waals surface area contributed by atoms with Crippen LogP contribution in [0.4, 0.5) is 9.59 Å². The number of nitrogens with one attached hydrogen (secondary N) is 12. The van der Waals surface area contributed by atoms with Crippen LogP contribution in [0.15, 0.2) is 122 Å². The molecule has 0 saturated carbocycles. The second-order valence-corrected chi connectivity index (χ2v) is 29.0. The van der Waals surface area contributed by atoms with E-state index in [2.05, 4.69) is 63.1 Å². The maximum absolute atomic E-state index is 13.9. The summed E-state index contributed by atoms with van der Waals surface area (Å²) in [5, 5.41) is 46.3. The minimum absolute atomic E-state index is 0.0257. The number of aromatic nitrogens is 2. The van der Waals surface area contributed by atoms with Crippen LogP contribution in [0.2, 0.25) is 0 Å². The zero-order chi connectivity index (χ0) is 79.7. The van der Waals surface area contributed by atoms with Crippen molar-refractivity contribution in [2.24, 2.45) is 11.5 Å². The van der Waals surface area contributed by atoms with Gasteiger partial charge in [0.25, 0.3) is 0 Å². The highest BCUT2D eigenvalue weighted by Crippen LogP contribution is 2.22. The van der Waals surface area contributed by atoms with Gasteiger partial charge in [-0.05, 0) is 113 Å². The number of benzene rings is 4. The zero-order valence-corrected chi connectivity index (χ0v) is 63.1. The summed E-state index contributed by atoms with van der Waals surface area (Å²) in [5.74, 6) is -9.90. The molecule has 0 aliphatic carbocycles. The zero-order valence-electron chi connectivity index (χ0n) is 61.5. The van der Waals surface area contributed by atoms with Gasteiger partial charge in [-0.2, -0.15) is 23.5 Å². The third-order valence-corrected chi connectivity index (χ3v) is 17.2. The van der Waals surface area contributed by atoms with Crippen LogP contribution in [0.5, 0.6) is 0 Å². The Morgan fingerprint density at radius 2 is 0.713 bits per heavy atom. The summed E-state index contributed by atoms with van der Waals surface area (Å²) in [5.41, 5.74) is 14.0. The summed E-state index contributed by atoms with van der Waals surface area (Å²) in [6.07, 6.45) is 3.87. The molecule has 0 spiro atoms. The number of nitrogens with two attached hydrogens (primary N) is 2. The Kier molecular flexibility index (Phi) is 35.2. The van der Waals surface area contributed by atoms with Crippen LogP contribution < -0.4 is 64.6 Å². The molecule has 12 amide bonds. The predicted octanol–water partition coefficient (Wildman–Crippen LogP) is 3.04. The van der Waals surface area contributed by atoms with Gasteiger partial charge in [-0.1, -0.05) is 97.1 Å². The molecular weight excluding hydrogens is 1440 g/mol. The number of fused-ring (bicyclic) bond motifs is 2. The van der Waals surface area contributed by atoms with Gasteiger partial charge in [-0.15, -0.1) is 0 Å². The highest BCUT2D eigenvalue weighted by molar-refractivity contribution is 7.98. The molecule has 6 aromatic rings. The Labute approximate surface area is 633 Å². The van der Waals surface area contributed by atoms with E-state index < -0.39 is 156 Å². The van der Waals surface area contributed by atoms with Crippen molar-refractivity contribution in [1.82, 2.24) is 63.1 Å². The second-order valence-electron chi connectivity index (χ2n) is 27.0. The van der Waals surface area contributed by atoms with Crippen molar-refractivity contribution < 1.29 is 86.8 Å². The van der Waals surface area contributed by atoms with Gasteiger partial charge < -0.3 is 94.3 Å². The molecule has 34 heteroatoms. The fourth-order valence-electron chi connectivity index (χ4n) is 10.7. The molecule has 0 saturated heterocycles. The number of alkyl carbamates (subject to hydrolysis) is 2. The number of amides is 12. The van der Waals surface area contributed by atoms with Crippen LogP contribution in [0.3, 0.4) is 0 Å². The Morgan fingerprint density at radius 1 is 0.407 bits per heavy atom. The average molecular weight is 1540 g/mol. The number of rotatable bonds is 40. The molecule has 0 bridgehead atoms. The van der Waals surface area contributed by atoms with E-state index in [1.54, 1.807) is 127 Å². The topological polar surface area (TPSA) is 502 Å². The molecule has 2 aromatic heterocycles. The van der Waals surface area contributed by atoms with E-state index in [0.29, 0.717) is 33.8 Å². The summed E-state index contributed by atoms with van der Waals surface area (Å²) in [7, 11) is 0. The van der Waals surface area contributed by atoms with Crippen LogP contribution in [-0.2, 0) is 92.7 Å². The number of carboxylic acids is 2. The van der Waals surface area contributed by atoms with E-state index in [0.717, 1.165) is 21.8 Å². The van der Waals surface area contributed by atoms with Crippen molar-refractivity contribution in [3.05, 3.63) is 144 Å². The van der Waals surface area contributed by atoms with Crippen molar-refractivity contribution in [2.45, 2.75) is 165 Å². The lowest BCUT2D eigenvalue weighted by Gasteiger charge is -2.26. The molecule has 8 atom stereocenters. The van der Waals surface area contributed by atoms with E-state index >= 15 is 0 Å². The molecule has 2 heterocycles. The molecule has 0 aliphatic rings. The van der Waals surface area contributed by atoms with E-state index in [1.807, 2.05) is 48.5 Å². The first-order valence-corrected chi connectivity index (χ1v) is 37.4. The van der Waals surface area contributed by atoms with E-state index in [4.69, 9.17) is 20.9 Å². The number of aromatic amines is 2. The molecule has 18 N–H and O–H groups in total. The Hall–Kier alpha value is -11.2. The number of primary amides is 2. The van der Waals surface area contributed by atoms with Crippen LogP contribution in [0.1, 0.15) is 102 Å². The number of ether oxygens (including phenoxy) is 2. The van der Waals surface area contributed by atoms with Crippen molar-refractivity contribution in [2.75, 3.05) is 37.1 Å². The SMILES string of the molecule is CSCC[C@H](NC(=O)[C@H](Cc1c[nH]c2ccccc12)NC(=O)CCNC(=O)OC(C)(C)C)C(=O)N[C@@H](CC(=O)O)C(=O)N[C@@H](Cc1ccccc1)C(N)=O.CSCC[C@H](NC(=O)[C@H](Cc1c[nH]c2ccccc12)NC(=O)CCNC(=O)OC(C)(C)C)C(=O)N[C@@H](CC(=O)O)C(=O)N[C@@H](Cc1ccccc1)C(N)=O. The Balaban J connectivity index is 0.000000387. The van der Waals surface area contributed by atoms with E-state index in [9.17, 15) is 77.3 Å². The monoisotopic (exact) mass is 1530 g/mol. The smallest absolute Gasteiger partial charge is 0.407 e. The fraction of sp³-hybridized carbons (Fsp3) is 0.432. The van der Waals surface area contributed by atoms with Crippen LogP contribution in [-0.4, -0.2) is 200 Å². The number of carbonyl (C=O) groups excluding carboxylic acids is 12. The normalized spacial score (nSPS) is 13.4. The summed E-state index contributed by atoms with van der Waals surface area (Å²) in [4.78, 5) is 186. The maximum atomic E-state index is 13.9. The lowest BCUT2D eigenvalue weighted by molar-refractivity contribution is -0.142. The number of hydrogen-bond acceptors (Lipinski definition) is 18. The lowest BCUT2D eigenvalue weighted by Crippen LogP contribution is -2.59. The molecule has 584 valence electrons. The fourth-order valence-corrected chi connectivity index (χ4v) is 11.7. The number of carbonyl (C=O) groups is 14. The average Bonchev–Trinajstić information content (AvgIpc) is 1.70. The highest BCUT2D eigenvalue weighted by Gasteiger charge is 2.36. The quantitative estimate of drug-likeness (QED) is 0.0263. The number of H-pyrrole nitrogens is 2. The van der Waals surface area contributed by atoms with E-state index in [1.165, 1.54) is 23.5 Å². The van der Waals surface area contributed by atoms with Gasteiger partial charge in [0, 0.05) is 85.8 Å². The van der Waals surface area contributed by atoms with Gasteiger partial charge in [0.1, 0.15) is 59.5 Å². The molecule has 4 aromatic carbocycles. The summed E-state index contributed by atoms with van der Waals surface area (Å²) in [6, 6.07) is 21.7. The summed E-state index contributed by atoms with van der Waals surface area (Å²) in [6.45, 7) is 10.1. The first kappa shape index (κ1) is 87.5. The number of carboxylic acid groups (broad SMARTS) is 2. The van der Waals surface area contributed by atoms with Crippen molar-refractivity contribution in [1.29, 1.82) is 0 Å². The number of para-hydroxylation sites is 2. The molecule has 0 aliphatic heterocycles. The molecule has 0 unspecified atom stereocenters. The molecule has 0 radical (unpaired) electrons. The van der Waals surface area contributed by atoms with E-state index in [-0.39, 0.29) is 64.5 Å². The largest absolute Gasteiger partial charge is 0.481 e. The Morgan fingerprint density at radius 3 is 1.04 bits per heavy atom. The first-order chi connectivity index (χ1) is 51.1. The molecular formula is C74H98N14O18S2. The van der Waals surface area contributed by atoms with Gasteiger partial charge in [-0.25, -0.2) is 9.59 Å². The first-order valence-electron chi connectivity index (χ1n) is 34.6. The molecule has 108 heavy (non-hydrogen) atoms. The minimum Gasteiger partial charge on any atom is -0.481 e. The molecule has 6 rings (SSSR count). The standard InChI is InChI=1S/2C37H49N7O9S/c2*1-37(2,3)53-36(52)39-16-14-30(45)41-28(19-23-21-40-25-13-9-8-12-24(23)25)34(50)42-26(15-17-54-4)33(49)44-29(20-31(46)47)35(51)43-27(32(38)48)18-22-10-6-5-7-11-22/h2*5-13,21,26-29,40H,14-20H2,1-4H3,(H2,38,48)(H,39,52)(H,41,45)(H,42,50)(H,43,51)(H,44,49)(H,46,47)/t2*26-,27-,28-,29-/m00/s1. The van der Waals surface area contributed by atoms with Gasteiger partial charge in [0.05, 0.1) is 12.8 Å². The number of thioether (sulfide) groups is 2. The maximum Gasteiger partial charge on any atom is 0.407 e. The minimum atomic E-state index is -1.62. The highest BCUT2D eigenvalue weighted by atomic mass is 32.2. The lowest BCUT2D eigenvalue weighted by atomic mass is 10.0. The third-order valence-electron chi connectivity index (χ3n) is 15.9. The number of hydrogen-bond donors (Lipinski definition) is 16. The Bertz CT molecular complexity index is 3810. The van der Waals surface area contributed by atoms with Crippen LogP contribution >= 0.6 is 23.5 Å². The van der Waals surface area contributed by atoms with Crippen LogP contribution in [0, 0.1) is 0 Å². The van der Waals surface area contributed by atoms with Gasteiger partial charge in [0.2, 0.25) is 59.1 Å². The molecule has 0 fully saturated rings. The van der Waals surface area contributed by atoms with Gasteiger partial charge >= 0.3 is 24.1 Å². The van der Waals surface area contributed by atoms with Crippen molar-refractivity contribution in [3.8, 4) is 0 Å². The number of aliphatic carboxylic acids is 2. The molecule has 32 nitrogen and oxygen atoms in total. The predicted molar refractivity (Wildman–Crippen MR) is 406 cm³/mol. The van der Waals surface area contributed by atoms with Crippen molar-refractivity contribution in [3.63, 3.8) is 0 Å². The van der Waals surface area contributed by atoms with Gasteiger partial charge in [0.15, 0.2) is 0 Å². The summed E-state index contributed by atoms with van der Waals surface area (Å²) >= 11 is 2.77. The van der Waals surface area contributed by atoms with Crippen LogP contribution in [0.25, 0.3) is 21.8 Å². The summed E-state index contributed by atoms with van der Waals surface area (Å²) < 4.78 is 10.4. The van der Waals surface area contributed by atoms with Gasteiger partial charge in [-0.3, -0.25) is 57.5 Å². The third kappa shape index (κ3) is 31.5.